The third-order valence-electron chi connectivity index (χ3n) is 3.38. The van der Waals surface area contributed by atoms with Gasteiger partial charge < -0.3 is 15.2 Å². The van der Waals surface area contributed by atoms with E-state index < -0.39 is 5.97 Å². The van der Waals surface area contributed by atoms with E-state index in [1.54, 1.807) is 7.11 Å². The summed E-state index contributed by atoms with van der Waals surface area (Å²) in [7, 11) is 1.69. The first kappa shape index (κ1) is 15.5. The zero-order valence-corrected chi connectivity index (χ0v) is 12.0. The van der Waals surface area contributed by atoms with Crippen molar-refractivity contribution in [1.29, 1.82) is 0 Å². The van der Waals surface area contributed by atoms with Gasteiger partial charge in [-0.05, 0) is 62.5 Å². The molecule has 0 saturated carbocycles. The Bertz CT molecular complexity index is 430. The smallest absolute Gasteiger partial charge is 0.303 e. The Labute approximate surface area is 114 Å². The number of carboxylic acids is 1. The molecule has 0 radical (unpaired) electrons. The third-order valence-corrected chi connectivity index (χ3v) is 3.38. The first-order valence-electron chi connectivity index (χ1n) is 6.62. The Morgan fingerprint density at radius 2 is 2.00 bits per heavy atom. The molecule has 1 aromatic rings. The van der Waals surface area contributed by atoms with Crippen LogP contribution in [0.1, 0.15) is 29.5 Å². The van der Waals surface area contributed by atoms with Crippen LogP contribution in [0.3, 0.4) is 0 Å². The average Bonchev–Trinajstić information content (AvgIpc) is 2.38. The van der Waals surface area contributed by atoms with Crippen molar-refractivity contribution < 1.29 is 14.6 Å². The Kier molecular flexibility index (Phi) is 6.36. The van der Waals surface area contributed by atoms with E-state index in [1.807, 2.05) is 6.07 Å². The second-order valence-electron chi connectivity index (χ2n) is 4.67. The molecule has 0 aromatic heterocycles. The largest absolute Gasteiger partial charge is 0.496 e. The highest BCUT2D eigenvalue weighted by molar-refractivity contribution is 5.66. The maximum atomic E-state index is 10.4. The second kappa shape index (κ2) is 7.79. The molecule has 106 valence electrons. The van der Waals surface area contributed by atoms with E-state index in [1.165, 1.54) is 16.7 Å². The Hall–Kier alpha value is -1.55. The summed E-state index contributed by atoms with van der Waals surface area (Å²) in [5.74, 6) is 0.194. The number of ether oxygens (including phenoxy) is 1. The summed E-state index contributed by atoms with van der Waals surface area (Å²) in [5, 5.41) is 11.8. The van der Waals surface area contributed by atoms with Crippen molar-refractivity contribution >= 4 is 5.97 Å². The van der Waals surface area contributed by atoms with Crippen LogP contribution in [0.4, 0.5) is 0 Å². The molecule has 0 spiro atoms. The first-order valence-corrected chi connectivity index (χ1v) is 6.62. The number of benzene rings is 1. The van der Waals surface area contributed by atoms with Gasteiger partial charge in [-0.25, -0.2) is 0 Å². The number of rotatable bonds is 8. The first-order chi connectivity index (χ1) is 9.06. The number of hydrogen-bond donors (Lipinski definition) is 2. The number of aliphatic carboxylic acids is 1. The van der Waals surface area contributed by atoms with Crippen LogP contribution in [0.25, 0.3) is 0 Å². The van der Waals surface area contributed by atoms with Crippen molar-refractivity contribution in [3.8, 4) is 5.75 Å². The standard InChI is InChI=1S/C15H23NO3/c1-11-12(2)14(19-3)7-6-13(11)8-10-16-9-4-5-15(17)18/h6-7,16H,4-5,8-10H2,1-3H3,(H,17,18). The van der Waals surface area contributed by atoms with Gasteiger partial charge in [-0.1, -0.05) is 6.07 Å². The van der Waals surface area contributed by atoms with Crippen molar-refractivity contribution in [3.05, 3.63) is 28.8 Å². The lowest BCUT2D eigenvalue weighted by Crippen LogP contribution is -2.19. The van der Waals surface area contributed by atoms with Gasteiger partial charge in [-0.3, -0.25) is 4.79 Å². The van der Waals surface area contributed by atoms with E-state index in [4.69, 9.17) is 9.84 Å². The van der Waals surface area contributed by atoms with Crippen molar-refractivity contribution in [2.24, 2.45) is 0 Å². The molecule has 0 aliphatic carbocycles. The molecule has 0 fully saturated rings. The lowest BCUT2D eigenvalue weighted by Gasteiger charge is -2.12. The molecule has 4 heteroatoms. The van der Waals surface area contributed by atoms with Crippen molar-refractivity contribution in [1.82, 2.24) is 5.32 Å². The highest BCUT2D eigenvalue weighted by Gasteiger charge is 2.06. The van der Waals surface area contributed by atoms with Gasteiger partial charge in [-0.2, -0.15) is 0 Å². The number of nitrogens with one attached hydrogen (secondary N) is 1. The van der Waals surface area contributed by atoms with Crippen LogP contribution >= 0.6 is 0 Å². The van der Waals surface area contributed by atoms with Gasteiger partial charge in [0.1, 0.15) is 5.75 Å². The molecule has 1 rings (SSSR count). The molecule has 0 atom stereocenters. The van der Waals surface area contributed by atoms with E-state index in [2.05, 4.69) is 25.2 Å². The third kappa shape index (κ3) is 4.91. The minimum Gasteiger partial charge on any atom is -0.496 e. The molecule has 2 N–H and O–H groups in total. The topological polar surface area (TPSA) is 58.6 Å². The monoisotopic (exact) mass is 265 g/mol. The summed E-state index contributed by atoms with van der Waals surface area (Å²) in [6.07, 6.45) is 1.85. The summed E-state index contributed by atoms with van der Waals surface area (Å²) in [6, 6.07) is 4.10. The number of carboxylic acid groups (broad SMARTS) is 1. The minimum atomic E-state index is -0.733. The summed E-state index contributed by atoms with van der Waals surface area (Å²) >= 11 is 0. The number of hydrogen-bond acceptors (Lipinski definition) is 3. The predicted molar refractivity (Wildman–Crippen MR) is 75.9 cm³/mol. The zero-order chi connectivity index (χ0) is 14.3. The van der Waals surface area contributed by atoms with Crippen LogP contribution in [0.15, 0.2) is 12.1 Å². The van der Waals surface area contributed by atoms with Gasteiger partial charge in [0.2, 0.25) is 0 Å². The van der Waals surface area contributed by atoms with Crippen molar-refractivity contribution in [2.75, 3.05) is 20.2 Å². The molecule has 0 aliphatic rings. The lowest BCUT2D eigenvalue weighted by atomic mass is 10.00. The van der Waals surface area contributed by atoms with E-state index in [9.17, 15) is 4.79 Å². The van der Waals surface area contributed by atoms with Crippen LogP contribution in [0.5, 0.6) is 5.75 Å². The molecule has 0 bridgehead atoms. The van der Waals surface area contributed by atoms with E-state index in [-0.39, 0.29) is 6.42 Å². The molecule has 19 heavy (non-hydrogen) atoms. The summed E-state index contributed by atoms with van der Waals surface area (Å²) in [6.45, 7) is 5.79. The maximum absolute atomic E-state index is 10.4. The second-order valence-corrected chi connectivity index (χ2v) is 4.67. The van der Waals surface area contributed by atoms with Crippen LogP contribution in [-0.2, 0) is 11.2 Å². The average molecular weight is 265 g/mol. The molecular formula is C15H23NO3. The van der Waals surface area contributed by atoms with Gasteiger partial charge in [0.05, 0.1) is 7.11 Å². The van der Waals surface area contributed by atoms with Crippen LogP contribution in [0.2, 0.25) is 0 Å². The summed E-state index contributed by atoms with van der Waals surface area (Å²) in [4.78, 5) is 10.4. The van der Waals surface area contributed by atoms with E-state index in [0.29, 0.717) is 6.42 Å². The highest BCUT2D eigenvalue weighted by atomic mass is 16.5. The quantitative estimate of drug-likeness (QED) is 0.708. The van der Waals surface area contributed by atoms with Crippen LogP contribution in [-0.4, -0.2) is 31.3 Å². The fourth-order valence-electron chi connectivity index (χ4n) is 2.06. The molecule has 0 amide bonds. The van der Waals surface area contributed by atoms with Gasteiger partial charge in [-0.15, -0.1) is 0 Å². The van der Waals surface area contributed by atoms with Gasteiger partial charge >= 0.3 is 5.97 Å². The van der Waals surface area contributed by atoms with E-state index in [0.717, 1.165) is 25.3 Å². The Balaban J connectivity index is 2.38. The molecular weight excluding hydrogens is 242 g/mol. The van der Waals surface area contributed by atoms with Gasteiger partial charge in [0, 0.05) is 6.42 Å². The number of carbonyl (C=O) groups is 1. The SMILES string of the molecule is COc1ccc(CCNCCCC(=O)O)c(C)c1C. The van der Waals surface area contributed by atoms with Gasteiger partial charge in [0.25, 0.3) is 0 Å². The fourth-order valence-corrected chi connectivity index (χ4v) is 2.06. The van der Waals surface area contributed by atoms with Crippen LogP contribution < -0.4 is 10.1 Å². The van der Waals surface area contributed by atoms with Crippen LogP contribution in [0, 0.1) is 13.8 Å². The highest BCUT2D eigenvalue weighted by Crippen LogP contribution is 2.23. The molecule has 0 aliphatic heterocycles. The summed E-state index contributed by atoms with van der Waals surface area (Å²) < 4.78 is 5.29. The summed E-state index contributed by atoms with van der Waals surface area (Å²) in [5.41, 5.74) is 3.77. The Morgan fingerprint density at radius 1 is 1.26 bits per heavy atom. The zero-order valence-electron chi connectivity index (χ0n) is 12.0. The molecule has 4 nitrogen and oxygen atoms in total. The minimum absolute atomic E-state index is 0.230. The van der Waals surface area contributed by atoms with E-state index >= 15 is 0 Å². The van der Waals surface area contributed by atoms with Gasteiger partial charge in [0.15, 0.2) is 0 Å². The predicted octanol–water partition coefficient (Wildman–Crippen LogP) is 2.31. The molecule has 0 saturated heterocycles. The lowest BCUT2D eigenvalue weighted by molar-refractivity contribution is -0.137. The van der Waals surface area contributed by atoms with Crippen molar-refractivity contribution in [2.45, 2.75) is 33.1 Å². The maximum Gasteiger partial charge on any atom is 0.303 e. The molecule has 0 heterocycles. The molecule has 0 unspecified atom stereocenters. The van der Waals surface area contributed by atoms with Crippen molar-refractivity contribution in [3.63, 3.8) is 0 Å². The normalized spacial score (nSPS) is 10.5. The fraction of sp³-hybridized carbons (Fsp3) is 0.533. The Morgan fingerprint density at radius 3 is 2.63 bits per heavy atom. The molecule has 1 aromatic carbocycles. The number of methoxy groups -OCH3 is 1.